The van der Waals surface area contributed by atoms with Crippen molar-refractivity contribution < 1.29 is 14.3 Å². The van der Waals surface area contributed by atoms with E-state index in [2.05, 4.69) is 15.3 Å². The number of benzene rings is 2. The van der Waals surface area contributed by atoms with Crippen LogP contribution in [0.25, 0.3) is 10.9 Å². The van der Waals surface area contributed by atoms with Gasteiger partial charge in [0, 0.05) is 29.3 Å². The zero-order chi connectivity index (χ0) is 20.9. The number of Topliss-reactive ketones (excluding diaryl/α,β-unsaturated/α-hetero) is 1. The Morgan fingerprint density at radius 2 is 1.87 bits per heavy atom. The molecule has 4 rings (SSSR count). The molecule has 0 saturated carbocycles. The molecule has 0 unspecified atom stereocenters. The summed E-state index contributed by atoms with van der Waals surface area (Å²) in [7, 11) is 0. The smallest absolute Gasteiger partial charge is 0.292 e. The maximum Gasteiger partial charge on any atom is 0.292 e. The standard InChI is InChI=1S/C24H21N3O3/c1-16-22(20-10-2-3-11-21(20)27-16)23(28)24(29)26-14-17-7-6-9-19(13-17)30-15-18-8-4-5-12-25-18/h2-13,27H,14-15H2,1H3,(H,26,29). The van der Waals surface area contributed by atoms with Crippen molar-refractivity contribution >= 4 is 22.6 Å². The van der Waals surface area contributed by atoms with Gasteiger partial charge in [0.2, 0.25) is 0 Å². The molecule has 2 aromatic carbocycles. The van der Waals surface area contributed by atoms with E-state index in [0.717, 1.165) is 22.2 Å². The van der Waals surface area contributed by atoms with Crippen LogP contribution in [-0.2, 0) is 17.9 Å². The number of ketones is 1. The van der Waals surface area contributed by atoms with Crippen molar-refractivity contribution in [3.8, 4) is 5.75 Å². The molecule has 150 valence electrons. The lowest BCUT2D eigenvalue weighted by Crippen LogP contribution is -2.30. The molecule has 2 heterocycles. The van der Waals surface area contributed by atoms with Gasteiger partial charge in [-0.05, 0) is 42.8 Å². The van der Waals surface area contributed by atoms with E-state index < -0.39 is 11.7 Å². The molecule has 0 aliphatic carbocycles. The third-order valence-corrected chi connectivity index (χ3v) is 4.79. The van der Waals surface area contributed by atoms with E-state index in [1.807, 2.05) is 66.7 Å². The maximum atomic E-state index is 12.7. The van der Waals surface area contributed by atoms with Crippen LogP contribution in [0.4, 0.5) is 0 Å². The summed E-state index contributed by atoms with van der Waals surface area (Å²) in [4.78, 5) is 32.6. The molecule has 0 aliphatic rings. The van der Waals surface area contributed by atoms with Crippen molar-refractivity contribution in [3.05, 3.63) is 95.4 Å². The number of H-pyrrole nitrogens is 1. The zero-order valence-corrected chi connectivity index (χ0v) is 16.5. The number of nitrogens with one attached hydrogen (secondary N) is 2. The Morgan fingerprint density at radius 1 is 1.03 bits per heavy atom. The van der Waals surface area contributed by atoms with E-state index >= 15 is 0 Å². The van der Waals surface area contributed by atoms with Crippen LogP contribution in [0.3, 0.4) is 0 Å². The fourth-order valence-electron chi connectivity index (χ4n) is 3.33. The highest BCUT2D eigenvalue weighted by Gasteiger charge is 2.22. The monoisotopic (exact) mass is 399 g/mol. The first kappa shape index (κ1) is 19.4. The van der Waals surface area contributed by atoms with E-state index in [9.17, 15) is 9.59 Å². The van der Waals surface area contributed by atoms with E-state index in [-0.39, 0.29) is 6.54 Å². The first-order chi connectivity index (χ1) is 14.6. The van der Waals surface area contributed by atoms with Crippen molar-refractivity contribution in [1.29, 1.82) is 0 Å². The Morgan fingerprint density at radius 3 is 2.70 bits per heavy atom. The van der Waals surface area contributed by atoms with E-state index in [0.29, 0.717) is 23.6 Å². The second kappa shape index (κ2) is 8.61. The van der Waals surface area contributed by atoms with Crippen LogP contribution < -0.4 is 10.1 Å². The fourth-order valence-corrected chi connectivity index (χ4v) is 3.33. The zero-order valence-electron chi connectivity index (χ0n) is 16.5. The van der Waals surface area contributed by atoms with Gasteiger partial charge in [-0.2, -0.15) is 0 Å². The topological polar surface area (TPSA) is 84.1 Å². The van der Waals surface area contributed by atoms with E-state index in [1.54, 1.807) is 13.1 Å². The highest BCUT2D eigenvalue weighted by atomic mass is 16.5. The molecule has 0 atom stereocenters. The van der Waals surface area contributed by atoms with E-state index in [1.165, 1.54) is 0 Å². The predicted molar refractivity (Wildman–Crippen MR) is 114 cm³/mol. The van der Waals surface area contributed by atoms with Gasteiger partial charge in [-0.25, -0.2) is 0 Å². The van der Waals surface area contributed by atoms with Gasteiger partial charge >= 0.3 is 0 Å². The highest BCUT2D eigenvalue weighted by molar-refractivity contribution is 6.45. The lowest BCUT2D eigenvalue weighted by molar-refractivity contribution is -0.117. The molecule has 0 bridgehead atoms. The molecular weight excluding hydrogens is 378 g/mol. The number of fused-ring (bicyclic) bond motifs is 1. The van der Waals surface area contributed by atoms with Crippen molar-refractivity contribution in [2.75, 3.05) is 0 Å². The van der Waals surface area contributed by atoms with Gasteiger partial charge in [0.1, 0.15) is 12.4 Å². The molecule has 0 spiro atoms. The van der Waals surface area contributed by atoms with Gasteiger partial charge in [0.25, 0.3) is 11.7 Å². The number of aromatic amines is 1. The summed E-state index contributed by atoms with van der Waals surface area (Å²) >= 11 is 0. The fraction of sp³-hybridized carbons (Fsp3) is 0.125. The van der Waals surface area contributed by atoms with Crippen LogP contribution in [0.5, 0.6) is 5.75 Å². The molecule has 2 N–H and O–H groups in total. The molecule has 0 fully saturated rings. The van der Waals surface area contributed by atoms with Crippen LogP contribution in [0.2, 0.25) is 0 Å². The minimum absolute atomic E-state index is 0.229. The van der Waals surface area contributed by atoms with Gasteiger partial charge in [-0.1, -0.05) is 36.4 Å². The number of ether oxygens (including phenoxy) is 1. The number of nitrogens with zero attached hydrogens (tertiary/aromatic N) is 1. The second-order valence-electron chi connectivity index (χ2n) is 6.94. The summed E-state index contributed by atoms with van der Waals surface area (Å²) < 4.78 is 5.76. The molecule has 6 heteroatoms. The predicted octanol–water partition coefficient (Wildman–Crippen LogP) is 3.95. The number of hydrogen-bond donors (Lipinski definition) is 2. The van der Waals surface area contributed by atoms with Crippen LogP contribution in [0, 0.1) is 6.92 Å². The number of hydrogen-bond acceptors (Lipinski definition) is 4. The highest BCUT2D eigenvalue weighted by Crippen LogP contribution is 2.22. The van der Waals surface area contributed by atoms with Crippen molar-refractivity contribution in [1.82, 2.24) is 15.3 Å². The molecule has 0 aliphatic heterocycles. The van der Waals surface area contributed by atoms with Crippen molar-refractivity contribution in [3.63, 3.8) is 0 Å². The summed E-state index contributed by atoms with van der Waals surface area (Å²) in [5.74, 6) is -0.513. The third-order valence-electron chi connectivity index (χ3n) is 4.79. The third kappa shape index (κ3) is 4.22. The number of carbonyl (C=O) groups excluding carboxylic acids is 2. The van der Waals surface area contributed by atoms with Crippen LogP contribution in [0.15, 0.2) is 72.9 Å². The van der Waals surface area contributed by atoms with Crippen LogP contribution in [0.1, 0.15) is 27.3 Å². The number of amides is 1. The lowest BCUT2D eigenvalue weighted by atomic mass is 10.1. The molecule has 30 heavy (non-hydrogen) atoms. The van der Waals surface area contributed by atoms with Gasteiger partial charge < -0.3 is 15.0 Å². The molecule has 2 aromatic heterocycles. The number of carbonyl (C=O) groups is 2. The van der Waals surface area contributed by atoms with Gasteiger partial charge in [-0.3, -0.25) is 14.6 Å². The largest absolute Gasteiger partial charge is 0.487 e. The summed E-state index contributed by atoms with van der Waals surface area (Å²) in [6, 6.07) is 20.5. The average molecular weight is 399 g/mol. The molecule has 4 aromatic rings. The number of rotatable bonds is 7. The Kier molecular flexibility index (Phi) is 5.57. The maximum absolute atomic E-state index is 12.7. The number of aryl methyl sites for hydroxylation is 1. The Bertz CT molecular complexity index is 1200. The Hall–Kier alpha value is -3.93. The van der Waals surface area contributed by atoms with Crippen LogP contribution in [-0.4, -0.2) is 21.7 Å². The normalized spacial score (nSPS) is 10.7. The van der Waals surface area contributed by atoms with Crippen molar-refractivity contribution in [2.45, 2.75) is 20.1 Å². The second-order valence-corrected chi connectivity index (χ2v) is 6.94. The van der Waals surface area contributed by atoms with Crippen molar-refractivity contribution in [2.24, 2.45) is 0 Å². The van der Waals surface area contributed by atoms with E-state index in [4.69, 9.17) is 4.74 Å². The SMILES string of the molecule is Cc1[nH]c2ccccc2c1C(=O)C(=O)NCc1cccc(OCc2ccccn2)c1. The first-order valence-electron chi connectivity index (χ1n) is 9.63. The Balaban J connectivity index is 1.40. The number of para-hydroxylation sites is 1. The number of aromatic nitrogens is 2. The minimum atomic E-state index is -0.636. The van der Waals surface area contributed by atoms with Gasteiger partial charge in [-0.15, -0.1) is 0 Å². The first-order valence-corrected chi connectivity index (χ1v) is 9.63. The van der Waals surface area contributed by atoms with Crippen LogP contribution >= 0.6 is 0 Å². The minimum Gasteiger partial charge on any atom is -0.487 e. The number of pyridine rings is 1. The molecule has 0 saturated heterocycles. The van der Waals surface area contributed by atoms with Gasteiger partial charge in [0.05, 0.1) is 11.3 Å². The van der Waals surface area contributed by atoms with Gasteiger partial charge in [0.15, 0.2) is 0 Å². The molecule has 6 nitrogen and oxygen atoms in total. The lowest BCUT2D eigenvalue weighted by Gasteiger charge is -2.09. The quantitative estimate of drug-likeness (QED) is 0.364. The molecule has 1 amide bonds. The summed E-state index contributed by atoms with van der Waals surface area (Å²) in [5.41, 5.74) is 3.60. The Labute approximate surface area is 173 Å². The molecule has 0 radical (unpaired) electrons. The summed E-state index contributed by atoms with van der Waals surface area (Å²) in [5, 5.41) is 3.46. The summed E-state index contributed by atoms with van der Waals surface area (Å²) in [6.45, 7) is 2.38. The average Bonchev–Trinajstić information content (AvgIpc) is 3.12. The molecular formula is C24H21N3O3. The summed E-state index contributed by atoms with van der Waals surface area (Å²) in [6.07, 6.45) is 1.72.